The highest BCUT2D eigenvalue weighted by molar-refractivity contribution is 4.92. The van der Waals surface area contributed by atoms with E-state index in [1.807, 2.05) is 0 Å². The maximum absolute atomic E-state index is 3.91. The Morgan fingerprint density at radius 3 is 2.44 bits per heavy atom. The number of rotatable bonds is 3. The molecule has 0 nitrogen and oxygen atoms in total. The van der Waals surface area contributed by atoms with Crippen LogP contribution in [0.4, 0.5) is 0 Å². The first kappa shape index (κ1) is 8.74. The maximum Gasteiger partial charge on any atom is -0.0346 e. The zero-order chi connectivity index (χ0) is 7.28. The Morgan fingerprint density at radius 2 is 2.11 bits per heavy atom. The van der Waals surface area contributed by atoms with Crippen molar-refractivity contribution >= 4 is 0 Å². The Bertz CT molecular complexity index is 84.2. The molecule has 0 rings (SSSR count). The average molecular weight is 125 g/mol. The summed E-state index contributed by atoms with van der Waals surface area (Å²) in [5.74, 6) is 0.598. The second kappa shape index (κ2) is 4.60. The second-order valence-electron chi connectivity index (χ2n) is 2.96. The molecule has 0 aromatic heterocycles. The van der Waals surface area contributed by atoms with Gasteiger partial charge in [-0.3, -0.25) is 0 Å². The van der Waals surface area contributed by atoms with Crippen LogP contribution < -0.4 is 0 Å². The lowest BCUT2D eigenvalue weighted by Gasteiger charge is -1.98. The molecule has 1 atom stereocenters. The van der Waals surface area contributed by atoms with E-state index in [-0.39, 0.29) is 0 Å². The van der Waals surface area contributed by atoms with Crippen LogP contribution >= 0.6 is 0 Å². The minimum atomic E-state index is 0.598. The molecular weight excluding hydrogens is 108 g/mol. The molecule has 53 valence electrons. The first-order valence-electron chi connectivity index (χ1n) is 3.59. The summed E-state index contributed by atoms with van der Waals surface area (Å²) in [6.07, 6.45) is 4.67. The predicted octanol–water partition coefficient (Wildman–Crippen LogP) is 3.20. The molecule has 0 aliphatic carbocycles. The van der Waals surface area contributed by atoms with Gasteiger partial charge in [0.15, 0.2) is 0 Å². The minimum absolute atomic E-state index is 0.598. The van der Waals surface area contributed by atoms with E-state index < -0.39 is 0 Å². The van der Waals surface area contributed by atoms with Crippen LogP contribution in [0.3, 0.4) is 0 Å². The van der Waals surface area contributed by atoms with Crippen LogP contribution in [0.5, 0.6) is 0 Å². The number of hydrogen-bond donors (Lipinski definition) is 0. The van der Waals surface area contributed by atoms with Gasteiger partial charge in [0.2, 0.25) is 0 Å². The van der Waals surface area contributed by atoms with Crippen molar-refractivity contribution in [2.24, 2.45) is 5.92 Å². The molecular formula is C9H17. The average Bonchev–Trinajstić information content (AvgIpc) is 1.63. The van der Waals surface area contributed by atoms with Crippen LogP contribution in [0, 0.1) is 12.8 Å². The highest BCUT2D eigenvalue weighted by Crippen LogP contribution is 2.04. The summed E-state index contributed by atoms with van der Waals surface area (Å²) < 4.78 is 0. The van der Waals surface area contributed by atoms with E-state index in [9.17, 15) is 0 Å². The van der Waals surface area contributed by atoms with Gasteiger partial charge < -0.3 is 0 Å². The van der Waals surface area contributed by atoms with Gasteiger partial charge in [-0.25, -0.2) is 0 Å². The van der Waals surface area contributed by atoms with Crippen molar-refractivity contribution < 1.29 is 0 Å². The van der Waals surface area contributed by atoms with Crippen molar-refractivity contribution in [2.75, 3.05) is 0 Å². The molecule has 0 aliphatic rings. The van der Waals surface area contributed by atoms with Crippen LogP contribution in [0.25, 0.3) is 0 Å². The van der Waals surface area contributed by atoms with Crippen LogP contribution in [0.1, 0.15) is 33.6 Å². The molecule has 0 saturated heterocycles. The van der Waals surface area contributed by atoms with Crippen molar-refractivity contribution in [3.8, 4) is 0 Å². The van der Waals surface area contributed by atoms with E-state index in [2.05, 4.69) is 33.8 Å². The van der Waals surface area contributed by atoms with Gasteiger partial charge in [-0.05, 0) is 32.6 Å². The van der Waals surface area contributed by atoms with Gasteiger partial charge in [0.25, 0.3) is 0 Å². The van der Waals surface area contributed by atoms with Gasteiger partial charge in [0.1, 0.15) is 0 Å². The molecule has 0 amide bonds. The van der Waals surface area contributed by atoms with Crippen LogP contribution in [-0.4, -0.2) is 0 Å². The molecule has 0 aromatic rings. The van der Waals surface area contributed by atoms with Gasteiger partial charge in [-0.1, -0.05) is 25.5 Å². The van der Waals surface area contributed by atoms with Crippen molar-refractivity contribution in [3.63, 3.8) is 0 Å². The zero-order valence-corrected chi connectivity index (χ0v) is 6.78. The van der Waals surface area contributed by atoms with E-state index in [1.165, 1.54) is 18.4 Å². The molecule has 1 radical (unpaired) electrons. The maximum atomic E-state index is 3.91. The Hall–Kier alpha value is -0.260. The lowest BCUT2D eigenvalue weighted by Crippen LogP contribution is -1.84. The van der Waals surface area contributed by atoms with Crippen molar-refractivity contribution in [1.82, 2.24) is 0 Å². The fourth-order valence-electron chi connectivity index (χ4n) is 0.657. The van der Waals surface area contributed by atoms with Gasteiger partial charge in [-0.15, -0.1) is 0 Å². The molecule has 0 heterocycles. The van der Waals surface area contributed by atoms with Crippen molar-refractivity contribution in [3.05, 3.63) is 18.6 Å². The fraction of sp³-hybridized carbons (Fsp3) is 0.667. The third kappa shape index (κ3) is 7.74. The van der Waals surface area contributed by atoms with Crippen molar-refractivity contribution in [2.45, 2.75) is 33.6 Å². The fourth-order valence-corrected chi connectivity index (χ4v) is 0.657. The molecule has 0 unspecified atom stereocenters. The summed E-state index contributed by atoms with van der Waals surface area (Å²) in [6, 6.07) is 0. The van der Waals surface area contributed by atoms with Gasteiger partial charge in [0.05, 0.1) is 0 Å². The van der Waals surface area contributed by atoms with E-state index in [0.717, 1.165) is 0 Å². The molecule has 0 heteroatoms. The number of hydrogen-bond acceptors (Lipinski definition) is 0. The zero-order valence-electron chi connectivity index (χ0n) is 6.78. The third-order valence-corrected chi connectivity index (χ3v) is 1.21. The third-order valence-electron chi connectivity index (χ3n) is 1.21. The highest BCUT2D eigenvalue weighted by Gasteiger charge is 1.89. The van der Waals surface area contributed by atoms with Crippen molar-refractivity contribution in [1.29, 1.82) is 0 Å². The standard InChI is InChI=1S/C9H17/c1-8(2)6-5-7-9(3)4/h7-8H,1,5-6H2,2-4H3/t8-/m1/s1. The van der Waals surface area contributed by atoms with E-state index in [4.69, 9.17) is 0 Å². The smallest absolute Gasteiger partial charge is 0.0346 e. The van der Waals surface area contributed by atoms with Gasteiger partial charge >= 0.3 is 0 Å². The molecule has 0 fully saturated rings. The van der Waals surface area contributed by atoms with Crippen LogP contribution in [0.15, 0.2) is 11.6 Å². The van der Waals surface area contributed by atoms with E-state index in [0.29, 0.717) is 5.92 Å². The molecule has 0 saturated carbocycles. The number of allylic oxidation sites excluding steroid dienone is 2. The Labute approximate surface area is 59.0 Å². The summed E-state index contributed by atoms with van der Waals surface area (Å²) in [5, 5.41) is 0. The Kier molecular flexibility index (Phi) is 4.47. The Balaban J connectivity index is 3.20. The van der Waals surface area contributed by atoms with Crippen LogP contribution in [0.2, 0.25) is 0 Å². The second-order valence-corrected chi connectivity index (χ2v) is 2.96. The first-order valence-corrected chi connectivity index (χ1v) is 3.59. The molecule has 0 N–H and O–H groups in total. The summed E-state index contributed by atoms with van der Waals surface area (Å²) in [5.41, 5.74) is 1.41. The van der Waals surface area contributed by atoms with E-state index in [1.54, 1.807) is 0 Å². The van der Waals surface area contributed by atoms with Gasteiger partial charge in [-0.2, -0.15) is 0 Å². The monoisotopic (exact) mass is 125 g/mol. The summed E-state index contributed by atoms with van der Waals surface area (Å²) in [7, 11) is 0. The molecule has 0 aliphatic heterocycles. The SMILES string of the molecule is [CH2][C@H](C)CCC=C(C)C. The summed E-state index contributed by atoms with van der Waals surface area (Å²) >= 11 is 0. The highest BCUT2D eigenvalue weighted by atomic mass is 14.0. The Morgan fingerprint density at radius 1 is 1.56 bits per heavy atom. The largest absolute Gasteiger partial charge is 0.0859 e. The van der Waals surface area contributed by atoms with Crippen LogP contribution in [-0.2, 0) is 0 Å². The first-order chi connectivity index (χ1) is 4.13. The predicted molar refractivity (Wildman–Crippen MR) is 43.2 cm³/mol. The summed E-state index contributed by atoms with van der Waals surface area (Å²) in [6.45, 7) is 10.3. The molecule has 9 heavy (non-hydrogen) atoms. The lowest BCUT2D eigenvalue weighted by atomic mass is 10.1. The molecule has 0 bridgehead atoms. The van der Waals surface area contributed by atoms with Gasteiger partial charge in [0, 0.05) is 0 Å². The minimum Gasteiger partial charge on any atom is -0.0859 e. The summed E-state index contributed by atoms with van der Waals surface area (Å²) in [4.78, 5) is 0. The van der Waals surface area contributed by atoms with E-state index >= 15 is 0 Å². The lowest BCUT2D eigenvalue weighted by molar-refractivity contribution is 0.652. The molecule has 0 aromatic carbocycles. The molecule has 0 spiro atoms. The normalized spacial score (nSPS) is 9.89. The quantitative estimate of drug-likeness (QED) is 0.508. The topological polar surface area (TPSA) is 0 Å².